The lowest BCUT2D eigenvalue weighted by molar-refractivity contribution is 0.798. The summed E-state index contributed by atoms with van der Waals surface area (Å²) in [5, 5.41) is 2.02. The molecule has 3 rings (SSSR count). The third-order valence-electron chi connectivity index (χ3n) is 2.69. The highest BCUT2D eigenvalue weighted by Gasteiger charge is 2.05. The van der Waals surface area contributed by atoms with Crippen molar-refractivity contribution in [3.05, 3.63) is 61.6 Å². The molecular formula is C13H9BrN2OS. The molecule has 0 unspecified atom stereocenters. The maximum absolute atomic E-state index is 11.9. The fourth-order valence-electron chi connectivity index (χ4n) is 1.87. The predicted octanol–water partition coefficient (Wildman–Crippen LogP) is 3.27. The van der Waals surface area contributed by atoms with Crippen molar-refractivity contribution in [2.24, 2.45) is 0 Å². The Morgan fingerprint density at radius 2 is 2.17 bits per heavy atom. The van der Waals surface area contributed by atoms with Crippen LogP contribution < -0.4 is 5.56 Å². The van der Waals surface area contributed by atoms with Crippen LogP contribution in [-0.4, -0.2) is 9.55 Å². The fraction of sp³-hybridized carbons (Fsp3) is 0.0769. The van der Waals surface area contributed by atoms with E-state index in [4.69, 9.17) is 0 Å². The third-order valence-corrected chi connectivity index (χ3v) is 4.37. The number of nitrogens with zero attached hydrogens (tertiary/aromatic N) is 2. The summed E-state index contributed by atoms with van der Waals surface area (Å²) < 4.78 is 2.80. The van der Waals surface area contributed by atoms with Crippen LogP contribution in [0, 0.1) is 0 Å². The van der Waals surface area contributed by atoms with Gasteiger partial charge in [-0.1, -0.05) is 12.1 Å². The zero-order chi connectivity index (χ0) is 12.5. The number of hydrogen-bond acceptors (Lipinski definition) is 3. The van der Waals surface area contributed by atoms with Crippen molar-refractivity contribution < 1.29 is 0 Å². The molecule has 0 atom stereocenters. The van der Waals surface area contributed by atoms with Crippen LogP contribution in [0.1, 0.15) is 4.88 Å². The van der Waals surface area contributed by atoms with Crippen LogP contribution in [-0.2, 0) is 6.54 Å². The van der Waals surface area contributed by atoms with Crippen LogP contribution in [0.5, 0.6) is 0 Å². The zero-order valence-electron chi connectivity index (χ0n) is 9.34. The quantitative estimate of drug-likeness (QED) is 0.726. The summed E-state index contributed by atoms with van der Waals surface area (Å²) in [6.45, 7) is 0.581. The van der Waals surface area contributed by atoms with Gasteiger partial charge in [0.25, 0.3) is 5.56 Å². The molecule has 0 saturated carbocycles. The molecule has 18 heavy (non-hydrogen) atoms. The number of thiophene rings is 1. The first-order chi connectivity index (χ1) is 8.74. The highest BCUT2D eigenvalue weighted by atomic mass is 79.9. The van der Waals surface area contributed by atoms with E-state index >= 15 is 0 Å². The summed E-state index contributed by atoms with van der Waals surface area (Å²) in [6, 6.07) is 9.71. The highest BCUT2D eigenvalue weighted by Crippen LogP contribution is 2.21. The molecule has 0 amide bonds. The van der Waals surface area contributed by atoms with Crippen LogP contribution in [0.25, 0.3) is 11.0 Å². The first-order valence-corrected chi connectivity index (χ1v) is 7.09. The van der Waals surface area contributed by atoms with E-state index in [0.717, 1.165) is 20.4 Å². The van der Waals surface area contributed by atoms with E-state index in [2.05, 4.69) is 20.9 Å². The molecule has 3 aromatic rings. The van der Waals surface area contributed by atoms with Crippen LogP contribution in [0.4, 0.5) is 0 Å². The molecular weight excluding hydrogens is 312 g/mol. The lowest BCUT2D eigenvalue weighted by Crippen LogP contribution is -2.20. The molecule has 2 heterocycles. The number of fused-ring (bicyclic) bond motifs is 1. The average Bonchev–Trinajstić information content (AvgIpc) is 2.79. The lowest BCUT2D eigenvalue weighted by Gasteiger charge is -2.07. The molecule has 1 aromatic carbocycles. The van der Waals surface area contributed by atoms with Gasteiger partial charge in [-0.2, -0.15) is 0 Å². The Hall–Kier alpha value is -1.46. The van der Waals surface area contributed by atoms with Gasteiger partial charge in [0.1, 0.15) is 0 Å². The third kappa shape index (κ3) is 2.11. The average molecular weight is 321 g/mol. The van der Waals surface area contributed by atoms with Crippen molar-refractivity contribution in [2.75, 3.05) is 0 Å². The van der Waals surface area contributed by atoms with Gasteiger partial charge in [-0.05, 0) is 34.1 Å². The van der Waals surface area contributed by atoms with Gasteiger partial charge < -0.3 is 4.57 Å². The van der Waals surface area contributed by atoms with E-state index in [1.165, 1.54) is 6.20 Å². The van der Waals surface area contributed by atoms with Gasteiger partial charge in [0.2, 0.25) is 0 Å². The summed E-state index contributed by atoms with van der Waals surface area (Å²) in [6.07, 6.45) is 1.38. The Balaban J connectivity index is 2.16. The van der Waals surface area contributed by atoms with Gasteiger partial charge in [0, 0.05) is 14.7 Å². The molecule has 0 spiro atoms. The normalized spacial score (nSPS) is 10.9. The van der Waals surface area contributed by atoms with Gasteiger partial charge in [0.05, 0.1) is 23.8 Å². The molecule has 0 bridgehead atoms. The van der Waals surface area contributed by atoms with E-state index in [0.29, 0.717) is 6.54 Å². The van der Waals surface area contributed by atoms with E-state index in [-0.39, 0.29) is 5.56 Å². The second-order valence-corrected chi connectivity index (χ2v) is 5.81. The van der Waals surface area contributed by atoms with E-state index in [9.17, 15) is 4.79 Å². The number of hydrogen-bond donors (Lipinski definition) is 0. The second kappa shape index (κ2) is 4.66. The summed E-state index contributed by atoms with van der Waals surface area (Å²) in [5.74, 6) is 0. The Kier molecular flexibility index (Phi) is 3.01. The largest absolute Gasteiger partial charge is 0.300 e. The van der Waals surface area contributed by atoms with Crippen molar-refractivity contribution in [1.29, 1.82) is 0 Å². The Morgan fingerprint density at radius 3 is 2.94 bits per heavy atom. The molecule has 0 aliphatic rings. The maximum atomic E-state index is 11.9. The summed E-state index contributed by atoms with van der Waals surface area (Å²) in [4.78, 5) is 17.2. The topological polar surface area (TPSA) is 34.9 Å². The molecule has 0 aliphatic heterocycles. The van der Waals surface area contributed by atoms with Crippen LogP contribution >= 0.6 is 27.3 Å². The Labute approximate surface area is 116 Å². The minimum Gasteiger partial charge on any atom is -0.300 e. The molecule has 0 N–H and O–H groups in total. The fourth-order valence-corrected chi connectivity index (χ4v) is 3.31. The number of halogens is 1. The van der Waals surface area contributed by atoms with E-state index in [1.807, 2.05) is 35.7 Å². The molecule has 2 aromatic heterocycles. The maximum Gasteiger partial charge on any atom is 0.269 e. The minimum atomic E-state index is -0.0711. The second-order valence-electron chi connectivity index (χ2n) is 3.90. The van der Waals surface area contributed by atoms with Gasteiger partial charge in [0.15, 0.2) is 0 Å². The van der Waals surface area contributed by atoms with E-state index < -0.39 is 0 Å². The molecule has 0 saturated heterocycles. The van der Waals surface area contributed by atoms with Gasteiger partial charge in [-0.25, -0.2) is 4.98 Å². The molecule has 0 aliphatic carbocycles. The van der Waals surface area contributed by atoms with Crippen LogP contribution in [0.2, 0.25) is 0 Å². The number of aromatic nitrogens is 2. The van der Waals surface area contributed by atoms with Crippen LogP contribution in [0.15, 0.2) is 51.2 Å². The molecule has 0 radical (unpaired) electrons. The van der Waals surface area contributed by atoms with Crippen molar-refractivity contribution in [2.45, 2.75) is 6.54 Å². The van der Waals surface area contributed by atoms with Gasteiger partial charge >= 0.3 is 0 Å². The summed E-state index contributed by atoms with van der Waals surface area (Å²) in [5.41, 5.74) is 1.64. The molecule has 3 nitrogen and oxygen atoms in total. The van der Waals surface area contributed by atoms with Crippen LogP contribution in [0.3, 0.4) is 0 Å². The highest BCUT2D eigenvalue weighted by molar-refractivity contribution is 9.10. The van der Waals surface area contributed by atoms with Gasteiger partial charge in [-0.3, -0.25) is 4.79 Å². The summed E-state index contributed by atoms with van der Waals surface area (Å²) in [7, 11) is 0. The van der Waals surface area contributed by atoms with Gasteiger partial charge in [-0.15, -0.1) is 11.3 Å². The smallest absolute Gasteiger partial charge is 0.269 e. The lowest BCUT2D eigenvalue weighted by atomic mass is 10.3. The Bertz CT molecular complexity index is 763. The minimum absolute atomic E-state index is 0.0711. The predicted molar refractivity (Wildman–Crippen MR) is 77.1 cm³/mol. The summed E-state index contributed by atoms with van der Waals surface area (Å²) >= 11 is 5.06. The monoisotopic (exact) mass is 320 g/mol. The first-order valence-electron chi connectivity index (χ1n) is 5.41. The van der Waals surface area contributed by atoms with Crippen molar-refractivity contribution in [1.82, 2.24) is 9.55 Å². The molecule has 5 heteroatoms. The number of rotatable bonds is 2. The number of benzene rings is 1. The SMILES string of the molecule is O=c1cnc2ccccc2n1Cc1cc(Br)cs1. The first kappa shape index (κ1) is 11.6. The van der Waals surface area contributed by atoms with Crippen molar-refractivity contribution >= 4 is 38.3 Å². The van der Waals surface area contributed by atoms with Crippen molar-refractivity contribution in [3.63, 3.8) is 0 Å². The number of para-hydroxylation sites is 2. The molecule has 0 fully saturated rings. The van der Waals surface area contributed by atoms with E-state index in [1.54, 1.807) is 15.9 Å². The Morgan fingerprint density at radius 1 is 1.33 bits per heavy atom. The van der Waals surface area contributed by atoms with Crippen molar-refractivity contribution in [3.8, 4) is 0 Å². The standard InChI is InChI=1S/C13H9BrN2OS/c14-9-5-10(18-8-9)7-16-12-4-2-1-3-11(12)15-6-13(16)17/h1-6,8H,7H2. The zero-order valence-corrected chi connectivity index (χ0v) is 11.7. The molecule has 90 valence electrons.